The molecular weight excluding hydrogens is 132 g/mol. The molecular formula is C3H7BrO. The smallest absolute Gasteiger partial charge is 0.119 e. The number of rotatable bonds is 1. The molecule has 0 spiro atoms. The lowest BCUT2D eigenvalue weighted by atomic mass is 10.6. The Balaban J connectivity index is 0. The Bertz CT molecular complexity index is 20.9. The second-order valence-electron chi connectivity index (χ2n) is 0.575. The lowest BCUT2D eigenvalue weighted by molar-refractivity contribution is -0.107. The van der Waals surface area contributed by atoms with Crippen LogP contribution < -0.4 is 0 Å². The lowest BCUT2D eigenvalue weighted by Gasteiger charge is -1.51. The van der Waals surface area contributed by atoms with Gasteiger partial charge in [0.1, 0.15) is 6.29 Å². The van der Waals surface area contributed by atoms with E-state index < -0.39 is 0 Å². The maximum Gasteiger partial charge on any atom is 0.119 e. The van der Waals surface area contributed by atoms with Crippen molar-refractivity contribution in [2.24, 2.45) is 0 Å². The quantitative estimate of drug-likeness (QED) is 0.498. The Morgan fingerprint density at radius 2 is 2.00 bits per heavy atom. The normalized spacial score (nSPS) is 5.00. The third-order valence-electron chi connectivity index (χ3n) is 0.167. The van der Waals surface area contributed by atoms with Gasteiger partial charge in [-0.15, -0.1) is 17.0 Å². The summed E-state index contributed by atoms with van der Waals surface area (Å²) in [6, 6.07) is 0. The van der Waals surface area contributed by atoms with Gasteiger partial charge in [-0.05, 0) is 0 Å². The number of carbonyl (C=O) groups excluding carboxylic acids is 1. The molecule has 0 aliphatic heterocycles. The minimum Gasteiger partial charge on any atom is -0.303 e. The van der Waals surface area contributed by atoms with E-state index in [1.54, 1.807) is 0 Å². The molecule has 0 radical (unpaired) electrons. The van der Waals surface area contributed by atoms with E-state index in [0.29, 0.717) is 6.42 Å². The van der Waals surface area contributed by atoms with E-state index in [4.69, 9.17) is 0 Å². The topological polar surface area (TPSA) is 17.1 Å². The molecule has 0 bridgehead atoms. The first-order valence-electron chi connectivity index (χ1n) is 1.35. The molecule has 0 unspecified atom stereocenters. The van der Waals surface area contributed by atoms with E-state index in [2.05, 4.69) is 0 Å². The van der Waals surface area contributed by atoms with E-state index in [0.717, 1.165) is 6.29 Å². The van der Waals surface area contributed by atoms with Gasteiger partial charge in [0.2, 0.25) is 0 Å². The zero-order chi connectivity index (χ0) is 3.41. The number of hydrogen-bond acceptors (Lipinski definition) is 1. The molecule has 0 N–H and O–H groups in total. The summed E-state index contributed by atoms with van der Waals surface area (Å²) in [6.45, 7) is 1.81. The van der Waals surface area contributed by atoms with Crippen molar-refractivity contribution in [3.05, 3.63) is 0 Å². The van der Waals surface area contributed by atoms with Gasteiger partial charge in [-0.1, -0.05) is 6.92 Å². The van der Waals surface area contributed by atoms with Crippen molar-refractivity contribution in [2.75, 3.05) is 0 Å². The van der Waals surface area contributed by atoms with Gasteiger partial charge in [0, 0.05) is 6.42 Å². The monoisotopic (exact) mass is 138 g/mol. The predicted molar refractivity (Wildman–Crippen MR) is 26.7 cm³/mol. The van der Waals surface area contributed by atoms with Gasteiger partial charge >= 0.3 is 0 Å². The van der Waals surface area contributed by atoms with Gasteiger partial charge in [0.15, 0.2) is 0 Å². The lowest BCUT2D eigenvalue weighted by Crippen LogP contribution is -1.55. The molecule has 5 heavy (non-hydrogen) atoms. The van der Waals surface area contributed by atoms with Crippen molar-refractivity contribution in [1.82, 2.24) is 0 Å². The zero-order valence-electron chi connectivity index (χ0n) is 3.10. The van der Waals surface area contributed by atoms with Gasteiger partial charge in [-0.2, -0.15) is 0 Å². The van der Waals surface area contributed by atoms with Crippen LogP contribution in [0.3, 0.4) is 0 Å². The second-order valence-corrected chi connectivity index (χ2v) is 0.575. The van der Waals surface area contributed by atoms with Crippen LogP contribution in [0.4, 0.5) is 0 Å². The van der Waals surface area contributed by atoms with Gasteiger partial charge < -0.3 is 4.79 Å². The van der Waals surface area contributed by atoms with Crippen LogP contribution in [0, 0.1) is 0 Å². The van der Waals surface area contributed by atoms with Gasteiger partial charge in [-0.25, -0.2) is 0 Å². The summed E-state index contributed by atoms with van der Waals surface area (Å²) < 4.78 is 0. The van der Waals surface area contributed by atoms with Crippen LogP contribution in [0.15, 0.2) is 0 Å². The number of hydrogen-bond donors (Lipinski definition) is 0. The maximum absolute atomic E-state index is 9.17. The molecule has 0 heterocycles. The molecule has 0 saturated carbocycles. The minimum absolute atomic E-state index is 0. The molecule has 0 rings (SSSR count). The Morgan fingerprint density at radius 1 is 1.80 bits per heavy atom. The number of aldehydes is 1. The summed E-state index contributed by atoms with van der Waals surface area (Å²) in [5.74, 6) is 0. The van der Waals surface area contributed by atoms with Crippen molar-refractivity contribution < 1.29 is 4.79 Å². The Morgan fingerprint density at radius 3 is 2.00 bits per heavy atom. The molecule has 0 aromatic heterocycles. The highest BCUT2D eigenvalue weighted by Gasteiger charge is 1.52. The first-order valence-corrected chi connectivity index (χ1v) is 1.35. The summed E-state index contributed by atoms with van der Waals surface area (Å²) >= 11 is 0. The summed E-state index contributed by atoms with van der Waals surface area (Å²) in [5.41, 5.74) is 0. The standard InChI is InChI=1S/C3H6O.BrH/c1-2-3-4;/h3H,2H2,1H3;1H. The first-order chi connectivity index (χ1) is 1.91. The summed E-state index contributed by atoms with van der Waals surface area (Å²) in [6.07, 6.45) is 1.51. The predicted octanol–water partition coefficient (Wildman–Crippen LogP) is 1.17. The molecule has 0 atom stereocenters. The van der Waals surface area contributed by atoms with Crippen LogP contribution in [0.5, 0.6) is 0 Å². The van der Waals surface area contributed by atoms with Crippen molar-refractivity contribution in [3.8, 4) is 0 Å². The van der Waals surface area contributed by atoms with E-state index in [9.17, 15) is 4.79 Å². The zero-order valence-corrected chi connectivity index (χ0v) is 4.81. The van der Waals surface area contributed by atoms with E-state index in [-0.39, 0.29) is 17.0 Å². The molecule has 1 nitrogen and oxygen atoms in total. The van der Waals surface area contributed by atoms with E-state index >= 15 is 0 Å². The fraction of sp³-hybridized carbons (Fsp3) is 0.667. The average Bonchev–Trinajstić information content (AvgIpc) is 1.37. The third kappa shape index (κ3) is 14.5. The first kappa shape index (κ1) is 8.94. The molecule has 0 aromatic rings. The highest BCUT2D eigenvalue weighted by atomic mass is 79.9. The van der Waals surface area contributed by atoms with Gasteiger partial charge in [0.25, 0.3) is 0 Å². The number of carbonyl (C=O) groups is 1. The van der Waals surface area contributed by atoms with Crippen LogP contribution in [-0.4, -0.2) is 6.29 Å². The third-order valence-corrected chi connectivity index (χ3v) is 0.167. The maximum atomic E-state index is 9.17. The van der Waals surface area contributed by atoms with Crippen molar-refractivity contribution in [2.45, 2.75) is 13.3 Å². The second kappa shape index (κ2) is 8.91. The highest BCUT2D eigenvalue weighted by Crippen LogP contribution is 1.53. The Kier molecular flexibility index (Phi) is 15.9. The minimum atomic E-state index is 0. The molecule has 0 aliphatic rings. The SMILES string of the molecule is Br.CCC=O. The molecule has 0 fully saturated rings. The average molecular weight is 139 g/mol. The fourth-order valence-corrected chi connectivity index (χ4v) is 0. The Hall–Kier alpha value is 0.150. The molecule has 2 heteroatoms. The molecule has 0 aromatic carbocycles. The molecule has 0 amide bonds. The van der Waals surface area contributed by atoms with Gasteiger partial charge in [-0.3, -0.25) is 0 Å². The van der Waals surface area contributed by atoms with E-state index in [1.807, 2.05) is 6.92 Å². The Labute approximate surface area is 42.1 Å². The molecule has 0 saturated heterocycles. The molecule has 32 valence electrons. The van der Waals surface area contributed by atoms with Gasteiger partial charge in [0.05, 0.1) is 0 Å². The summed E-state index contributed by atoms with van der Waals surface area (Å²) in [7, 11) is 0. The largest absolute Gasteiger partial charge is 0.303 e. The van der Waals surface area contributed by atoms with Crippen LogP contribution in [0.1, 0.15) is 13.3 Å². The summed E-state index contributed by atoms with van der Waals surface area (Å²) in [5, 5.41) is 0. The van der Waals surface area contributed by atoms with Crippen molar-refractivity contribution >= 4 is 23.3 Å². The van der Waals surface area contributed by atoms with E-state index in [1.165, 1.54) is 0 Å². The van der Waals surface area contributed by atoms with Crippen molar-refractivity contribution in [1.29, 1.82) is 0 Å². The molecule has 0 aliphatic carbocycles. The van der Waals surface area contributed by atoms with Crippen LogP contribution in [0.2, 0.25) is 0 Å². The number of halogens is 1. The highest BCUT2D eigenvalue weighted by molar-refractivity contribution is 8.93. The van der Waals surface area contributed by atoms with Crippen molar-refractivity contribution in [3.63, 3.8) is 0 Å². The van der Waals surface area contributed by atoms with Crippen LogP contribution >= 0.6 is 17.0 Å². The summed E-state index contributed by atoms with van der Waals surface area (Å²) in [4.78, 5) is 9.17. The fourth-order valence-electron chi connectivity index (χ4n) is 0. The van der Waals surface area contributed by atoms with Crippen LogP contribution in [-0.2, 0) is 4.79 Å². The van der Waals surface area contributed by atoms with Crippen LogP contribution in [0.25, 0.3) is 0 Å².